The minimum absolute atomic E-state index is 0.160. The van der Waals surface area contributed by atoms with Gasteiger partial charge in [0.05, 0.1) is 13.0 Å². The minimum atomic E-state index is -2.64. The molecule has 14 heavy (non-hydrogen) atoms. The first-order chi connectivity index (χ1) is 6.39. The van der Waals surface area contributed by atoms with E-state index in [1.165, 1.54) is 4.90 Å². The van der Waals surface area contributed by atoms with E-state index in [1.54, 1.807) is 0 Å². The molecule has 1 fully saturated rings. The molecule has 0 aromatic carbocycles. The summed E-state index contributed by atoms with van der Waals surface area (Å²) in [5.74, 6) is -3.63. The Kier molecular flexibility index (Phi) is 3.38. The number of hydrogen-bond donors (Lipinski definition) is 2. The third kappa shape index (κ3) is 3.55. The van der Waals surface area contributed by atoms with Crippen LogP contribution in [0.2, 0.25) is 0 Å². The standard InChI is InChI=1S/C8H14F2N2O2/c9-8(10)1-2-12(5-8)4-6(11)3-7(13)14/h6H,1-5,11H2,(H,13,14). The molecule has 1 saturated heterocycles. The van der Waals surface area contributed by atoms with Crippen LogP contribution in [-0.4, -0.2) is 47.6 Å². The van der Waals surface area contributed by atoms with Gasteiger partial charge in [0.25, 0.3) is 5.92 Å². The fourth-order valence-electron chi connectivity index (χ4n) is 1.58. The summed E-state index contributed by atoms with van der Waals surface area (Å²) in [5.41, 5.74) is 5.48. The normalized spacial score (nSPS) is 23.6. The van der Waals surface area contributed by atoms with E-state index in [2.05, 4.69) is 0 Å². The van der Waals surface area contributed by atoms with Gasteiger partial charge in [-0.3, -0.25) is 9.69 Å². The number of nitrogens with two attached hydrogens (primary N) is 1. The van der Waals surface area contributed by atoms with E-state index < -0.39 is 17.9 Å². The van der Waals surface area contributed by atoms with Crippen molar-refractivity contribution in [2.45, 2.75) is 24.8 Å². The maximum Gasteiger partial charge on any atom is 0.304 e. The molecule has 1 unspecified atom stereocenters. The first-order valence-electron chi connectivity index (χ1n) is 4.46. The van der Waals surface area contributed by atoms with Crippen LogP contribution in [0.3, 0.4) is 0 Å². The number of carboxylic acid groups (broad SMARTS) is 1. The quantitative estimate of drug-likeness (QED) is 0.689. The molecule has 0 spiro atoms. The highest BCUT2D eigenvalue weighted by Gasteiger charge is 2.38. The van der Waals surface area contributed by atoms with Gasteiger partial charge in [-0.15, -0.1) is 0 Å². The van der Waals surface area contributed by atoms with Gasteiger partial charge in [0.15, 0.2) is 0 Å². The second-order valence-electron chi connectivity index (χ2n) is 3.70. The molecule has 3 N–H and O–H groups in total. The van der Waals surface area contributed by atoms with Crippen LogP contribution in [0, 0.1) is 0 Å². The number of nitrogens with zero attached hydrogens (tertiary/aromatic N) is 1. The third-order valence-electron chi connectivity index (χ3n) is 2.18. The van der Waals surface area contributed by atoms with Crippen LogP contribution in [0.15, 0.2) is 0 Å². The first kappa shape index (κ1) is 11.3. The molecule has 1 rings (SSSR count). The van der Waals surface area contributed by atoms with E-state index in [0.29, 0.717) is 6.54 Å². The molecule has 0 radical (unpaired) electrons. The zero-order valence-corrected chi connectivity index (χ0v) is 7.75. The molecular formula is C8H14F2N2O2. The second-order valence-corrected chi connectivity index (χ2v) is 3.70. The Balaban J connectivity index is 2.29. The zero-order chi connectivity index (χ0) is 10.8. The molecule has 0 aliphatic carbocycles. The van der Waals surface area contributed by atoms with Crippen LogP contribution < -0.4 is 5.73 Å². The number of halogens is 2. The van der Waals surface area contributed by atoms with E-state index in [1.807, 2.05) is 0 Å². The van der Waals surface area contributed by atoms with Gasteiger partial charge >= 0.3 is 5.97 Å². The summed E-state index contributed by atoms with van der Waals surface area (Å²) in [6.45, 7) is 0.211. The number of hydrogen-bond acceptors (Lipinski definition) is 3. The summed E-state index contributed by atoms with van der Waals surface area (Å²) < 4.78 is 25.4. The maximum absolute atomic E-state index is 12.7. The van der Waals surface area contributed by atoms with Crippen molar-refractivity contribution in [1.29, 1.82) is 0 Å². The van der Waals surface area contributed by atoms with Gasteiger partial charge in [-0.25, -0.2) is 8.78 Å². The lowest BCUT2D eigenvalue weighted by Gasteiger charge is -2.19. The van der Waals surface area contributed by atoms with Gasteiger partial charge in [-0.05, 0) is 0 Å². The van der Waals surface area contributed by atoms with Gasteiger partial charge in [-0.1, -0.05) is 0 Å². The highest BCUT2D eigenvalue weighted by Crippen LogP contribution is 2.26. The Morgan fingerprint density at radius 1 is 1.64 bits per heavy atom. The van der Waals surface area contributed by atoms with Crippen molar-refractivity contribution in [3.63, 3.8) is 0 Å². The molecule has 82 valence electrons. The first-order valence-corrected chi connectivity index (χ1v) is 4.46. The van der Waals surface area contributed by atoms with E-state index >= 15 is 0 Å². The van der Waals surface area contributed by atoms with Crippen molar-refractivity contribution in [2.24, 2.45) is 5.73 Å². The second kappa shape index (κ2) is 4.18. The Morgan fingerprint density at radius 3 is 2.71 bits per heavy atom. The minimum Gasteiger partial charge on any atom is -0.481 e. The molecule has 1 heterocycles. The Bertz CT molecular complexity index is 223. The van der Waals surface area contributed by atoms with E-state index in [9.17, 15) is 13.6 Å². The van der Waals surface area contributed by atoms with Crippen LogP contribution >= 0.6 is 0 Å². The van der Waals surface area contributed by atoms with Crippen LogP contribution in [0.5, 0.6) is 0 Å². The lowest BCUT2D eigenvalue weighted by molar-refractivity contribution is -0.137. The topological polar surface area (TPSA) is 66.6 Å². The molecule has 0 saturated carbocycles. The number of aliphatic carboxylic acids is 1. The molecule has 0 bridgehead atoms. The summed E-state index contributed by atoms with van der Waals surface area (Å²) >= 11 is 0. The van der Waals surface area contributed by atoms with Crippen molar-refractivity contribution >= 4 is 5.97 Å². The maximum atomic E-state index is 12.7. The average molecular weight is 208 g/mol. The van der Waals surface area contributed by atoms with Gasteiger partial charge < -0.3 is 10.8 Å². The Hall–Kier alpha value is -0.750. The molecule has 0 amide bonds. The summed E-state index contributed by atoms with van der Waals surface area (Å²) in [6, 6.07) is -0.568. The largest absolute Gasteiger partial charge is 0.481 e. The molecule has 6 heteroatoms. The van der Waals surface area contributed by atoms with Crippen molar-refractivity contribution < 1.29 is 18.7 Å². The molecule has 1 aliphatic rings. The van der Waals surface area contributed by atoms with Crippen LogP contribution in [0.25, 0.3) is 0 Å². The number of rotatable bonds is 4. The van der Waals surface area contributed by atoms with E-state index in [0.717, 1.165) is 0 Å². The number of likely N-dealkylation sites (tertiary alicyclic amines) is 1. The lowest BCUT2D eigenvalue weighted by atomic mass is 10.2. The van der Waals surface area contributed by atoms with Crippen molar-refractivity contribution in [2.75, 3.05) is 19.6 Å². The predicted molar refractivity (Wildman–Crippen MR) is 46.2 cm³/mol. The monoisotopic (exact) mass is 208 g/mol. The van der Waals surface area contributed by atoms with Crippen LogP contribution in [0.4, 0.5) is 8.78 Å². The van der Waals surface area contributed by atoms with Gasteiger partial charge in [0.1, 0.15) is 0 Å². The third-order valence-corrected chi connectivity index (χ3v) is 2.18. The number of alkyl halides is 2. The lowest BCUT2D eigenvalue weighted by Crippen LogP contribution is -2.38. The van der Waals surface area contributed by atoms with E-state index in [4.69, 9.17) is 10.8 Å². The molecule has 0 aromatic heterocycles. The molecule has 4 nitrogen and oxygen atoms in total. The van der Waals surface area contributed by atoms with Crippen LogP contribution in [0.1, 0.15) is 12.8 Å². The summed E-state index contributed by atoms with van der Waals surface area (Å²) in [6.07, 6.45) is -0.338. The van der Waals surface area contributed by atoms with Crippen molar-refractivity contribution in [3.05, 3.63) is 0 Å². The van der Waals surface area contributed by atoms with Crippen LogP contribution in [-0.2, 0) is 4.79 Å². The highest BCUT2D eigenvalue weighted by molar-refractivity contribution is 5.67. The summed E-state index contributed by atoms with van der Waals surface area (Å²) in [4.78, 5) is 11.8. The fourth-order valence-corrected chi connectivity index (χ4v) is 1.58. The summed E-state index contributed by atoms with van der Waals surface area (Å²) in [5, 5.41) is 8.41. The van der Waals surface area contributed by atoms with Crippen molar-refractivity contribution in [3.8, 4) is 0 Å². The fraction of sp³-hybridized carbons (Fsp3) is 0.875. The van der Waals surface area contributed by atoms with E-state index in [-0.39, 0.29) is 25.9 Å². The Labute approximate surface area is 80.7 Å². The predicted octanol–water partition coefficient (Wildman–Crippen LogP) is 0.129. The molecular weight excluding hydrogens is 194 g/mol. The van der Waals surface area contributed by atoms with Gasteiger partial charge in [0, 0.05) is 25.6 Å². The molecule has 1 atom stereocenters. The highest BCUT2D eigenvalue weighted by atomic mass is 19.3. The Morgan fingerprint density at radius 2 is 2.29 bits per heavy atom. The van der Waals surface area contributed by atoms with Gasteiger partial charge in [0.2, 0.25) is 0 Å². The van der Waals surface area contributed by atoms with Crippen molar-refractivity contribution in [1.82, 2.24) is 4.90 Å². The number of carboxylic acids is 1. The SMILES string of the molecule is NC(CC(=O)O)CN1CCC(F)(F)C1. The zero-order valence-electron chi connectivity index (χ0n) is 7.75. The average Bonchev–Trinajstić information content (AvgIpc) is 2.27. The number of carbonyl (C=O) groups is 1. The summed E-state index contributed by atoms with van der Waals surface area (Å²) in [7, 11) is 0. The van der Waals surface area contributed by atoms with Gasteiger partial charge in [-0.2, -0.15) is 0 Å². The molecule has 1 aliphatic heterocycles. The smallest absolute Gasteiger partial charge is 0.304 e. The molecule has 0 aromatic rings.